The van der Waals surface area contributed by atoms with Crippen LogP contribution in [0.1, 0.15) is 22.0 Å². The first-order valence-corrected chi connectivity index (χ1v) is 7.28. The number of Topliss-reactive ketones (excluding diaryl/α,β-unsaturated/α-hetero) is 1. The van der Waals surface area contributed by atoms with E-state index in [1.807, 2.05) is 0 Å². The van der Waals surface area contributed by atoms with Gasteiger partial charge in [-0.1, -0.05) is 18.2 Å². The largest absolute Gasteiger partial charge is 0.507 e. The maximum absolute atomic E-state index is 12.6. The van der Waals surface area contributed by atoms with E-state index in [1.165, 1.54) is 26.4 Å². The van der Waals surface area contributed by atoms with Gasteiger partial charge in [-0.2, -0.15) is 0 Å². The smallest absolute Gasteiger partial charge is 0.201 e. The average molecular weight is 332 g/mol. The molecule has 6 heteroatoms. The molecule has 0 saturated carbocycles. The summed E-state index contributed by atoms with van der Waals surface area (Å²) in [7, 11) is 4.33. The van der Waals surface area contributed by atoms with Crippen molar-refractivity contribution in [3.05, 3.63) is 53.6 Å². The fourth-order valence-electron chi connectivity index (χ4n) is 2.46. The van der Waals surface area contributed by atoms with E-state index in [-0.39, 0.29) is 17.1 Å². The molecule has 0 aliphatic carbocycles. The highest BCUT2D eigenvalue weighted by atomic mass is 16.5. The Labute approximate surface area is 140 Å². The Morgan fingerprint density at radius 1 is 1.00 bits per heavy atom. The summed E-state index contributed by atoms with van der Waals surface area (Å²) in [5.41, 5.74) is 0.525. The number of ketones is 1. The van der Waals surface area contributed by atoms with Crippen LogP contribution in [0.3, 0.4) is 0 Å². The van der Waals surface area contributed by atoms with Gasteiger partial charge in [0.05, 0.1) is 14.2 Å². The number of ether oxygens (including phenoxy) is 3. The fraction of sp³-hybridized carbons (Fsp3) is 0.278. The average Bonchev–Trinajstić information content (AvgIpc) is 2.61. The molecular weight excluding hydrogens is 312 g/mol. The standard InChI is InChI=1S/C18H20O6/c1-22-12-9-7-11(8-10-12)18(24-3)17(21)16(20)15-13(19)5-4-6-14(15)23-2/h4-10,17-19,21H,1-3H3/t17-,18-/m0/s1. The molecule has 128 valence electrons. The lowest BCUT2D eigenvalue weighted by molar-refractivity contribution is -0.00457. The Kier molecular flexibility index (Phi) is 5.78. The summed E-state index contributed by atoms with van der Waals surface area (Å²) < 4.78 is 15.5. The van der Waals surface area contributed by atoms with Crippen molar-refractivity contribution in [2.45, 2.75) is 12.2 Å². The number of hydrogen-bond donors (Lipinski definition) is 2. The van der Waals surface area contributed by atoms with Gasteiger partial charge in [-0.25, -0.2) is 0 Å². The molecule has 6 nitrogen and oxygen atoms in total. The number of aliphatic hydroxyl groups is 1. The van der Waals surface area contributed by atoms with Crippen LogP contribution in [0, 0.1) is 0 Å². The van der Waals surface area contributed by atoms with Gasteiger partial charge < -0.3 is 24.4 Å². The zero-order valence-electron chi connectivity index (χ0n) is 13.7. The molecule has 0 bridgehead atoms. The van der Waals surface area contributed by atoms with Crippen LogP contribution < -0.4 is 9.47 Å². The molecule has 0 fully saturated rings. The monoisotopic (exact) mass is 332 g/mol. The summed E-state index contributed by atoms with van der Waals surface area (Å²) in [5, 5.41) is 20.4. The van der Waals surface area contributed by atoms with E-state index in [1.54, 1.807) is 37.4 Å². The Balaban J connectivity index is 2.34. The third-order valence-corrected chi connectivity index (χ3v) is 3.72. The van der Waals surface area contributed by atoms with Crippen molar-refractivity contribution in [3.63, 3.8) is 0 Å². The molecule has 24 heavy (non-hydrogen) atoms. The predicted octanol–water partition coefficient (Wildman–Crippen LogP) is 2.34. The zero-order chi connectivity index (χ0) is 17.7. The van der Waals surface area contributed by atoms with Gasteiger partial charge in [-0.3, -0.25) is 4.79 Å². The van der Waals surface area contributed by atoms with E-state index < -0.39 is 18.0 Å². The molecule has 2 aromatic carbocycles. The predicted molar refractivity (Wildman–Crippen MR) is 87.7 cm³/mol. The van der Waals surface area contributed by atoms with Crippen LogP contribution in [0.5, 0.6) is 17.2 Å². The molecule has 2 rings (SSSR count). The first-order valence-electron chi connectivity index (χ1n) is 7.28. The van der Waals surface area contributed by atoms with Gasteiger partial charge in [0.1, 0.15) is 35.0 Å². The lowest BCUT2D eigenvalue weighted by Crippen LogP contribution is -2.29. The van der Waals surface area contributed by atoms with Gasteiger partial charge in [0.15, 0.2) is 0 Å². The molecule has 0 aromatic heterocycles. The highest BCUT2D eigenvalue weighted by molar-refractivity contribution is 6.04. The number of rotatable bonds is 7. The van der Waals surface area contributed by atoms with E-state index in [2.05, 4.69) is 0 Å². The van der Waals surface area contributed by atoms with Crippen molar-refractivity contribution in [2.75, 3.05) is 21.3 Å². The molecule has 2 atom stereocenters. The maximum atomic E-state index is 12.6. The number of aromatic hydroxyl groups is 1. The molecule has 0 radical (unpaired) electrons. The second-order valence-corrected chi connectivity index (χ2v) is 5.09. The number of methoxy groups -OCH3 is 3. The Morgan fingerprint density at radius 3 is 2.21 bits per heavy atom. The second kappa shape index (κ2) is 7.81. The normalized spacial score (nSPS) is 13.2. The lowest BCUT2D eigenvalue weighted by Gasteiger charge is -2.22. The summed E-state index contributed by atoms with van der Waals surface area (Å²) in [6.45, 7) is 0. The molecule has 2 N–H and O–H groups in total. The van der Waals surface area contributed by atoms with Crippen LogP contribution in [-0.2, 0) is 4.74 Å². The molecule has 0 aliphatic rings. The van der Waals surface area contributed by atoms with Gasteiger partial charge in [-0.05, 0) is 29.8 Å². The molecule has 2 aromatic rings. The number of carbonyl (C=O) groups excluding carboxylic acids is 1. The lowest BCUT2D eigenvalue weighted by atomic mass is 9.96. The quantitative estimate of drug-likeness (QED) is 0.757. The van der Waals surface area contributed by atoms with Crippen LogP contribution in [-0.4, -0.2) is 43.4 Å². The highest BCUT2D eigenvalue weighted by Gasteiger charge is 2.32. The summed E-state index contributed by atoms with van der Waals surface area (Å²) in [6.07, 6.45) is -2.40. The molecule has 0 heterocycles. The number of benzene rings is 2. The van der Waals surface area contributed by atoms with Crippen LogP contribution in [0.4, 0.5) is 0 Å². The van der Waals surface area contributed by atoms with Crippen LogP contribution in [0.15, 0.2) is 42.5 Å². The SMILES string of the molecule is COc1ccc([C@H](OC)[C@@H](O)C(=O)c2c(O)cccc2OC)cc1. The topological polar surface area (TPSA) is 85.2 Å². The molecule has 0 aliphatic heterocycles. The summed E-state index contributed by atoms with van der Waals surface area (Å²) in [6, 6.07) is 11.3. The minimum atomic E-state index is -1.51. The van der Waals surface area contributed by atoms with Gasteiger partial charge in [0.25, 0.3) is 0 Å². The Morgan fingerprint density at radius 2 is 1.67 bits per heavy atom. The number of aliphatic hydroxyl groups excluding tert-OH is 1. The van der Waals surface area contributed by atoms with Crippen LogP contribution >= 0.6 is 0 Å². The maximum Gasteiger partial charge on any atom is 0.201 e. The van der Waals surface area contributed by atoms with Crippen molar-refractivity contribution in [2.24, 2.45) is 0 Å². The first-order chi connectivity index (χ1) is 11.5. The minimum Gasteiger partial charge on any atom is -0.507 e. The molecule has 0 saturated heterocycles. The van der Waals surface area contributed by atoms with Crippen molar-refractivity contribution < 1.29 is 29.2 Å². The van der Waals surface area contributed by atoms with Gasteiger partial charge in [-0.15, -0.1) is 0 Å². The van der Waals surface area contributed by atoms with Crippen molar-refractivity contribution >= 4 is 5.78 Å². The molecule has 0 unspecified atom stereocenters. The molecule has 0 amide bonds. The van der Waals surface area contributed by atoms with Crippen molar-refractivity contribution in [1.29, 1.82) is 0 Å². The van der Waals surface area contributed by atoms with Crippen LogP contribution in [0.25, 0.3) is 0 Å². The second-order valence-electron chi connectivity index (χ2n) is 5.09. The molecule has 0 spiro atoms. The fourth-order valence-corrected chi connectivity index (χ4v) is 2.46. The minimum absolute atomic E-state index is 0.0805. The summed E-state index contributed by atoms with van der Waals surface area (Å²) >= 11 is 0. The number of carbonyl (C=O) groups is 1. The summed E-state index contributed by atoms with van der Waals surface area (Å²) in [5.74, 6) is -0.115. The third kappa shape index (κ3) is 3.50. The van der Waals surface area contributed by atoms with Gasteiger partial charge >= 0.3 is 0 Å². The highest BCUT2D eigenvalue weighted by Crippen LogP contribution is 2.32. The van der Waals surface area contributed by atoms with E-state index in [9.17, 15) is 15.0 Å². The summed E-state index contributed by atoms with van der Waals surface area (Å²) in [4.78, 5) is 12.6. The van der Waals surface area contributed by atoms with Gasteiger partial charge in [0.2, 0.25) is 5.78 Å². The number of phenolic OH excluding ortho intramolecular Hbond substituents is 1. The number of phenols is 1. The van der Waals surface area contributed by atoms with E-state index >= 15 is 0 Å². The molecular formula is C18H20O6. The Bertz CT molecular complexity index is 695. The Hall–Kier alpha value is -2.57. The third-order valence-electron chi connectivity index (χ3n) is 3.72. The van der Waals surface area contributed by atoms with E-state index in [0.717, 1.165) is 0 Å². The van der Waals surface area contributed by atoms with Crippen molar-refractivity contribution in [1.82, 2.24) is 0 Å². The van der Waals surface area contributed by atoms with E-state index in [4.69, 9.17) is 14.2 Å². The van der Waals surface area contributed by atoms with Gasteiger partial charge in [0, 0.05) is 7.11 Å². The van der Waals surface area contributed by atoms with Crippen LogP contribution in [0.2, 0.25) is 0 Å². The van der Waals surface area contributed by atoms with Crippen molar-refractivity contribution in [3.8, 4) is 17.2 Å². The van der Waals surface area contributed by atoms with E-state index in [0.29, 0.717) is 11.3 Å². The first kappa shape index (κ1) is 17.8. The number of hydrogen-bond acceptors (Lipinski definition) is 6. The zero-order valence-corrected chi connectivity index (χ0v) is 13.7.